The predicted octanol–water partition coefficient (Wildman–Crippen LogP) is 6.03. The Hall–Kier alpha value is -7.69. The molecule has 4 rings (SSSR count). The summed E-state index contributed by atoms with van der Waals surface area (Å²) in [4.78, 5) is 64.8. The van der Waals surface area contributed by atoms with E-state index < -0.39 is 75.2 Å². The quantitative estimate of drug-likeness (QED) is 0.0721. The maximum Gasteiger partial charge on any atom is 0.324 e. The highest BCUT2D eigenvalue weighted by Gasteiger charge is 2.31. The Bertz CT molecular complexity index is 1880. The number of nitrogens with zero attached hydrogens (tertiary/aromatic N) is 9. The van der Waals surface area contributed by atoms with Gasteiger partial charge in [-0.1, -0.05) is 48.5 Å². The summed E-state index contributed by atoms with van der Waals surface area (Å²) in [5.74, 6) is -1.36. The number of benzene rings is 4. The number of nitro benzene ring substituents is 6. The van der Waals surface area contributed by atoms with E-state index in [1.165, 1.54) is 5.56 Å². The number of likely N-dealkylation sites (N-methyl/N-ethyl adjacent to an activating group) is 1. The number of hydrogen-bond acceptors (Lipinski definition) is 16. The van der Waals surface area contributed by atoms with E-state index in [1.807, 2.05) is 30.3 Å². The number of hydrogen-bond donors (Lipinski definition) is 2. The number of aromatic hydroxyl groups is 2. The van der Waals surface area contributed by atoms with E-state index in [1.54, 1.807) is 0 Å². The van der Waals surface area contributed by atoms with E-state index >= 15 is 0 Å². The van der Waals surface area contributed by atoms with Crippen LogP contribution in [0.3, 0.4) is 0 Å². The van der Waals surface area contributed by atoms with Gasteiger partial charge in [0.15, 0.2) is 0 Å². The van der Waals surface area contributed by atoms with Crippen LogP contribution in [-0.4, -0.2) is 82.6 Å². The summed E-state index contributed by atoms with van der Waals surface area (Å²) in [6.45, 7) is 4.95. The van der Waals surface area contributed by atoms with Gasteiger partial charge in [0, 0.05) is 19.6 Å². The molecule has 0 saturated carbocycles. The number of para-hydroxylation sites is 1. The number of rotatable bonds is 12. The smallest absolute Gasteiger partial charge is 0.324 e. The number of amidine groups is 1. The molecular weight excluding hydrogens is 722 g/mol. The highest BCUT2D eigenvalue weighted by Crippen LogP contribution is 2.40. The van der Waals surface area contributed by atoms with Crippen molar-refractivity contribution < 1.29 is 39.8 Å². The first-order chi connectivity index (χ1) is 25.3. The van der Waals surface area contributed by atoms with E-state index in [2.05, 4.69) is 61.2 Å². The predicted molar refractivity (Wildman–Crippen MR) is 191 cm³/mol. The Balaban J connectivity index is 0.000000286. The molecule has 0 radical (unpaired) electrons. The van der Waals surface area contributed by atoms with Crippen molar-refractivity contribution in [3.63, 3.8) is 0 Å². The molecule has 0 unspecified atom stereocenters. The maximum atomic E-state index is 10.4. The van der Waals surface area contributed by atoms with Gasteiger partial charge in [-0.05, 0) is 38.7 Å². The van der Waals surface area contributed by atoms with Crippen molar-refractivity contribution in [1.29, 1.82) is 0 Å². The molecule has 4 aromatic carbocycles. The second-order valence-corrected chi connectivity index (χ2v) is 10.9. The van der Waals surface area contributed by atoms with E-state index in [0.29, 0.717) is 24.3 Å². The minimum atomic E-state index is -1.21. The zero-order valence-electron chi connectivity index (χ0n) is 28.5. The molecule has 284 valence electrons. The lowest BCUT2D eigenvalue weighted by Gasteiger charge is -2.26. The van der Waals surface area contributed by atoms with Crippen molar-refractivity contribution in [3.05, 3.63) is 151 Å². The SMILES string of the molecule is CC(=Nc1ccccc1)N(CCN(C)C)Cc1ccccc1.O=[N+]([O-])c1cc([N+](=O)[O-])c(O)c([N+](=O)[O-])c1.O=[N+]([O-])c1cc([N+](=O)[O-])c(O)c([N+](=O)[O-])c1. The van der Waals surface area contributed by atoms with Gasteiger partial charge in [0.25, 0.3) is 22.9 Å². The fraction of sp³-hybridized carbons (Fsp3) is 0.194. The Morgan fingerprint density at radius 2 is 0.926 bits per heavy atom. The normalized spacial score (nSPS) is 10.6. The van der Waals surface area contributed by atoms with Crippen molar-refractivity contribution in [2.24, 2.45) is 4.99 Å². The lowest BCUT2D eigenvalue weighted by molar-refractivity contribution is -0.404. The summed E-state index contributed by atoms with van der Waals surface area (Å²) in [6, 6.07) is 22.5. The van der Waals surface area contributed by atoms with Crippen molar-refractivity contribution >= 4 is 45.6 Å². The average molecular weight is 754 g/mol. The largest absolute Gasteiger partial charge is 0.497 e. The van der Waals surface area contributed by atoms with E-state index in [4.69, 9.17) is 15.2 Å². The van der Waals surface area contributed by atoms with E-state index in [-0.39, 0.29) is 0 Å². The summed E-state index contributed by atoms with van der Waals surface area (Å²) in [5, 5.41) is 80.4. The fourth-order valence-corrected chi connectivity index (χ4v) is 4.19. The van der Waals surface area contributed by atoms with E-state index in [0.717, 1.165) is 31.2 Å². The van der Waals surface area contributed by atoms with Gasteiger partial charge in [0.05, 0.1) is 59.5 Å². The molecule has 0 saturated heterocycles. The van der Waals surface area contributed by atoms with Crippen LogP contribution in [0, 0.1) is 60.7 Å². The summed E-state index contributed by atoms with van der Waals surface area (Å²) in [7, 11) is 4.20. The molecule has 23 heteroatoms. The number of phenolic OH excluding ortho intramolecular Hbond substituents is 2. The van der Waals surface area contributed by atoms with Crippen molar-refractivity contribution in [2.75, 3.05) is 27.2 Å². The summed E-state index contributed by atoms with van der Waals surface area (Å²) >= 11 is 0. The number of phenols is 2. The second kappa shape index (κ2) is 19.6. The summed E-state index contributed by atoms with van der Waals surface area (Å²) in [6.07, 6.45) is 0. The van der Waals surface area contributed by atoms with Gasteiger partial charge in [-0.15, -0.1) is 0 Å². The van der Waals surface area contributed by atoms with Crippen LogP contribution >= 0.6 is 0 Å². The molecule has 23 nitrogen and oxygen atoms in total. The third kappa shape index (κ3) is 12.6. The van der Waals surface area contributed by atoms with Crippen molar-refractivity contribution in [3.8, 4) is 11.5 Å². The van der Waals surface area contributed by atoms with Crippen LogP contribution < -0.4 is 0 Å². The molecule has 54 heavy (non-hydrogen) atoms. The molecule has 2 N–H and O–H groups in total. The average Bonchev–Trinajstić information content (AvgIpc) is 3.10. The molecule has 0 spiro atoms. The number of nitro groups is 6. The molecule has 0 heterocycles. The Kier molecular flexibility index (Phi) is 15.4. The van der Waals surface area contributed by atoms with Crippen LogP contribution in [0.15, 0.2) is 89.9 Å². The van der Waals surface area contributed by atoms with Crippen LogP contribution in [0.5, 0.6) is 11.5 Å². The topological polar surface area (TPSA) is 318 Å². The van der Waals surface area contributed by atoms with Crippen LogP contribution in [0.25, 0.3) is 0 Å². The summed E-state index contributed by atoms with van der Waals surface area (Å²) < 4.78 is 0. The van der Waals surface area contributed by atoms with Crippen LogP contribution in [0.1, 0.15) is 12.5 Å². The highest BCUT2D eigenvalue weighted by atomic mass is 16.7. The van der Waals surface area contributed by atoms with Gasteiger partial charge >= 0.3 is 22.7 Å². The zero-order chi connectivity index (χ0) is 40.7. The fourth-order valence-electron chi connectivity index (χ4n) is 4.19. The Morgan fingerprint density at radius 1 is 0.574 bits per heavy atom. The third-order valence-corrected chi connectivity index (χ3v) is 6.86. The second-order valence-electron chi connectivity index (χ2n) is 10.9. The molecular formula is C31H31N9O14. The van der Waals surface area contributed by atoms with E-state index in [9.17, 15) is 60.7 Å². The first-order valence-electron chi connectivity index (χ1n) is 15.0. The van der Waals surface area contributed by atoms with Crippen LogP contribution in [0.2, 0.25) is 0 Å². The standard InChI is InChI=1S/C19H25N3.2C6H3N3O7/c1-17(20-19-12-8-5-9-13-19)22(15-14-21(2)3)16-18-10-6-4-7-11-18;2*10-6-4(8(13)14)1-3(7(11)12)2-5(6)9(15)16/h4-13H,14-16H2,1-3H3;2*1-2,10H. The highest BCUT2D eigenvalue weighted by molar-refractivity contribution is 5.82. The first-order valence-corrected chi connectivity index (χ1v) is 15.0. The lowest BCUT2D eigenvalue weighted by Crippen LogP contribution is -2.34. The Morgan fingerprint density at radius 3 is 1.24 bits per heavy atom. The molecule has 0 amide bonds. The minimum absolute atomic E-state index is 0.447. The molecule has 0 bridgehead atoms. The monoisotopic (exact) mass is 753 g/mol. The molecule has 0 aliphatic rings. The van der Waals surface area contributed by atoms with Gasteiger partial charge in [0.2, 0.25) is 0 Å². The maximum absolute atomic E-state index is 10.4. The number of non-ortho nitro benzene ring substituents is 2. The van der Waals surface area contributed by atoms with Gasteiger partial charge in [0.1, 0.15) is 5.84 Å². The molecule has 0 aromatic heterocycles. The van der Waals surface area contributed by atoms with Crippen molar-refractivity contribution in [1.82, 2.24) is 9.80 Å². The van der Waals surface area contributed by atoms with Crippen LogP contribution in [0.4, 0.5) is 39.8 Å². The molecule has 4 aromatic rings. The third-order valence-electron chi connectivity index (χ3n) is 6.86. The van der Waals surface area contributed by atoms with Gasteiger partial charge in [-0.3, -0.25) is 60.7 Å². The van der Waals surface area contributed by atoms with Gasteiger partial charge < -0.3 is 20.0 Å². The minimum Gasteiger partial charge on any atom is -0.497 e. The first kappa shape index (κ1) is 42.5. The molecule has 0 fully saturated rings. The molecule has 0 atom stereocenters. The molecule has 0 aliphatic heterocycles. The van der Waals surface area contributed by atoms with Gasteiger partial charge in [-0.25, -0.2) is 4.99 Å². The number of aliphatic imine (C=N–C) groups is 1. The Labute approximate surface area is 303 Å². The van der Waals surface area contributed by atoms with Gasteiger partial charge in [-0.2, -0.15) is 0 Å². The van der Waals surface area contributed by atoms with Crippen LogP contribution in [-0.2, 0) is 6.54 Å². The lowest BCUT2D eigenvalue weighted by atomic mass is 10.2. The zero-order valence-corrected chi connectivity index (χ0v) is 28.5. The molecule has 0 aliphatic carbocycles. The van der Waals surface area contributed by atoms with Crippen molar-refractivity contribution in [2.45, 2.75) is 13.5 Å². The summed E-state index contributed by atoms with van der Waals surface area (Å²) in [5.41, 5.74) is -3.69.